The van der Waals surface area contributed by atoms with E-state index >= 15 is 0 Å². The number of likely N-dealkylation sites (tertiary alicyclic amines) is 1. The minimum atomic E-state index is 0.0296. The average molecular weight is 377 g/mol. The smallest absolute Gasteiger partial charge is 0.251 e. The predicted molar refractivity (Wildman–Crippen MR) is 112 cm³/mol. The molecule has 1 amide bonds. The standard InChI is InChI=1S/C23H24N2OS/c1-17-2-6-20(7-3-17)23(26)24-22-10-12-25(15-22)14-18-4-8-19(9-5-18)21-11-13-27-16-21/h2-9,11,13,16,22H,10,12,14-15H2,1H3,(H,24,26). The van der Waals surface area contributed by atoms with Gasteiger partial charge in [-0.25, -0.2) is 0 Å². The van der Waals surface area contributed by atoms with E-state index in [4.69, 9.17) is 0 Å². The van der Waals surface area contributed by atoms with Gasteiger partial charge in [0.25, 0.3) is 5.91 Å². The van der Waals surface area contributed by atoms with Crippen molar-refractivity contribution < 1.29 is 4.79 Å². The van der Waals surface area contributed by atoms with Crippen molar-refractivity contribution in [2.75, 3.05) is 13.1 Å². The predicted octanol–water partition coefficient (Wildman–Crippen LogP) is 4.73. The lowest BCUT2D eigenvalue weighted by Gasteiger charge is -2.17. The molecule has 1 aromatic heterocycles. The number of hydrogen-bond acceptors (Lipinski definition) is 3. The number of nitrogens with one attached hydrogen (secondary N) is 1. The van der Waals surface area contributed by atoms with E-state index in [0.717, 1.165) is 31.6 Å². The van der Waals surface area contributed by atoms with Crippen LogP contribution in [-0.2, 0) is 6.54 Å². The summed E-state index contributed by atoms with van der Waals surface area (Å²) in [6, 6.07) is 19.0. The SMILES string of the molecule is Cc1ccc(C(=O)NC2CCN(Cc3ccc(-c4ccsc4)cc3)C2)cc1. The number of hydrogen-bond donors (Lipinski definition) is 1. The van der Waals surface area contributed by atoms with Crippen molar-refractivity contribution in [1.82, 2.24) is 10.2 Å². The van der Waals surface area contributed by atoms with Crippen LogP contribution in [-0.4, -0.2) is 29.9 Å². The molecular formula is C23H24N2OS. The molecule has 138 valence electrons. The van der Waals surface area contributed by atoms with Gasteiger partial charge in [0.05, 0.1) is 0 Å². The van der Waals surface area contributed by atoms with Gasteiger partial charge in [0.1, 0.15) is 0 Å². The fourth-order valence-electron chi connectivity index (χ4n) is 3.56. The molecule has 2 aromatic carbocycles. The number of carbonyl (C=O) groups is 1. The molecule has 1 N–H and O–H groups in total. The van der Waals surface area contributed by atoms with Crippen LogP contribution in [0.25, 0.3) is 11.1 Å². The molecule has 0 spiro atoms. The van der Waals surface area contributed by atoms with Gasteiger partial charge in [0.2, 0.25) is 0 Å². The highest BCUT2D eigenvalue weighted by Gasteiger charge is 2.24. The number of benzene rings is 2. The van der Waals surface area contributed by atoms with Crippen molar-refractivity contribution in [3.05, 3.63) is 82.0 Å². The van der Waals surface area contributed by atoms with E-state index in [-0.39, 0.29) is 11.9 Å². The van der Waals surface area contributed by atoms with Gasteiger partial charge in [0.15, 0.2) is 0 Å². The van der Waals surface area contributed by atoms with Crippen LogP contribution in [0, 0.1) is 6.92 Å². The molecule has 0 bridgehead atoms. The first-order valence-corrected chi connectivity index (χ1v) is 10.3. The fourth-order valence-corrected chi connectivity index (χ4v) is 4.22. The van der Waals surface area contributed by atoms with Crippen LogP contribution in [0.3, 0.4) is 0 Å². The summed E-state index contributed by atoms with van der Waals surface area (Å²) in [4.78, 5) is 14.8. The Morgan fingerprint density at radius 3 is 2.56 bits per heavy atom. The van der Waals surface area contributed by atoms with Crippen LogP contribution in [0.2, 0.25) is 0 Å². The molecule has 1 aliphatic rings. The van der Waals surface area contributed by atoms with Crippen LogP contribution < -0.4 is 5.32 Å². The maximum absolute atomic E-state index is 12.4. The Bertz CT molecular complexity index is 885. The number of carbonyl (C=O) groups excluding carboxylic acids is 1. The second-order valence-electron chi connectivity index (χ2n) is 7.27. The molecule has 0 radical (unpaired) electrons. The van der Waals surface area contributed by atoms with Crippen molar-refractivity contribution in [1.29, 1.82) is 0 Å². The van der Waals surface area contributed by atoms with Gasteiger partial charge in [-0.3, -0.25) is 9.69 Å². The topological polar surface area (TPSA) is 32.3 Å². The van der Waals surface area contributed by atoms with E-state index in [1.165, 1.54) is 22.3 Å². The molecule has 2 heterocycles. The summed E-state index contributed by atoms with van der Waals surface area (Å²) in [6.07, 6.45) is 1.00. The summed E-state index contributed by atoms with van der Waals surface area (Å²) in [6.45, 7) is 4.89. The van der Waals surface area contributed by atoms with Crippen molar-refractivity contribution in [2.24, 2.45) is 0 Å². The number of thiophene rings is 1. The van der Waals surface area contributed by atoms with Gasteiger partial charge in [-0.1, -0.05) is 42.0 Å². The monoisotopic (exact) mass is 376 g/mol. The maximum atomic E-state index is 12.4. The lowest BCUT2D eigenvalue weighted by Crippen LogP contribution is -2.36. The minimum absolute atomic E-state index is 0.0296. The van der Waals surface area contributed by atoms with Crippen LogP contribution in [0.1, 0.15) is 27.9 Å². The first-order chi connectivity index (χ1) is 13.2. The van der Waals surface area contributed by atoms with Gasteiger partial charge >= 0.3 is 0 Å². The third-order valence-corrected chi connectivity index (χ3v) is 5.82. The molecule has 3 nitrogen and oxygen atoms in total. The quantitative estimate of drug-likeness (QED) is 0.698. The second-order valence-corrected chi connectivity index (χ2v) is 8.05. The van der Waals surface area contributed by atoms with Gasteiger partial charge in [0, 0.05) is 31.2 Å². The zero-order valence-corrected chi connectivity index (χ0v) is 16.3. The molecule has 1 saturated heterocycles. The lowest BCUT2D eigenvalue weighted by atomic mass is 10.1. The van der Waals surface area contributed by atoms with E-state index in [1.807, 2.05) is 31.2 Å². The van der Waals surface area contributed by atoms with Gasteiger partial charge in [-0.2, -0.15) is 11.3 Å². The second kappa shape index (κ2) is 8.07. The summed E-state index contributed by atoms with van der Waals surface area (Å²) in [7, 11) is 0. The first kappa shape index (κ1) is 18.0. The van der Waals surface area contributed by atoms with E-state index in [0.29, 0.717) is 0 Å². The molecular weight excluding hydrogens is 352 g/mol. The van der Waals surface area contributed by atoms with Crippen LogP contribution in [0.4, 0.5) is 0 Å². The van der Waals surface area contributed by atoms with Crippen LogP contribution in [0.15, 0.2) is 65.4 Å². The van der Waals surface area contributed by atoms with E-state index < -0.39 is 0 Å². The van der Waals surface area contributed by atoms with Crippen LogP contribution in [0.5, 0.6) is 0 Å². The molecule has 4 rings (SSSR count). The summed E-state index contributed by atoms with van der Waals surface area (Å²) in [5, 5.41) is 7.47. The maximum Gasteiger partial charge on any atom is 0.251 e. The Balaban J connectivity index is 1.30. The lowest BCUT2D eigenvalue weighted by molar-refractivity contribution is 0.0937. The Morgan fingerprint density at radius 2 is 1.85 bits per heavy atom. The molecule has 1 atom stereocenters. The molecule has 27 heavy (non-hydrogen) atoms. The zero-order chi connectivity index (χ0) is 18.6. The number of aryl methyl sites for hydroxylation is 1. The minimum Gasteiger partial charge on any atom is -0.348 e. The fraction of sp³-hybridized carbons (Fsp3) is 0.261. The normalized spacial score (nSPS) is 17.1. The first-order valence-electron chi connectivity index (χ1n) is 9.39. The van der Waals surface area contributed by atoms with Gasteiger partial charge in [-0.15, -0.1) is 0 Å². The van der Waals surface area contributed by atoms with Crippen molar-refractivity contribution >= 4 is 17.2 Å². The summed E-state index contributed by atoms with van der Waals surface area (Å²) >= 11 is 1.73. The third kappa shape index (κ3) is 4.46. The molecule has 1 aliphatic heterocycles. The van der Waals surface area contributed by atoms with Crippen molar-refractivity contribution in [3.8, 4) is 11.1 Å². The van der Waals surface area contributed by atoms with Crippen LogP contribution >= 0.6 is 11.3 Å². The number of rotatable bonds is 5. The van der Waals surface area contributed by atoms with Gasteiger partial charge < -0.3 is 5.32 Å². The highest BCUT2D eigenvalue weighted by Crippen LogP contribution is 2.23. The average Bonchev–Trinajstić information content (AvgIpc) is 3.35. The number of nitrogens with zero attached hydrogens (tertiary/aromatic N) is 1. The Kier molecular flexibility index (Phi) is 5.37. The summed E-state index contributed by atoms with van der Waals surface area (Å²) in [5.74, 6) is 0.0296. The number of amides is 1. The summed E-state index contributed by atoms with van der Waals surface area (Å²) in [5.41, 5.74) is 5.78. The Labute approximate surface area is 164 Å². The van der Waals surface area contributed by atoms with Gasteiger partial charge in [-0.05, 0) is 59.0 Å². The van der Waals surface area contributed by atoms with E-state index in [1.54, 1.807) is 11.3 Å². The summed E-state index contributed by atoms with van der Waals surface area (Å²) < 4.78 is 0. The molecule has 1 unspecified atom stereocenters. The van der Waals surface area contributed by atoms with E-state index in [2.05, 4.69) is 51.3 Å². The molecule has 3 aromatic rings. The molecule has 1 fully saturated rings. The Morgan fingerprint density at radius 1 is 1.07 bits per heavy atom. The third-order valence-electron chi connectivity index (χ3n) is 5.14. The Hall–Kier alpha value is -2.43. The highest BCUT2D eigenvalue weighted by molar-refractivity contribution is 7.08. The molecule has 0 saturated carbocycles. The largest absolute Gasteiger partial charge is 0.348 e. The highest BCUT2D eigenvalue weighted by atomic mass is 32.1. The molecule has 0 aliphatic carbocycles. The van der Waals surface area contributed by atoms with Crippen molar-refractivity contribution in [3.63, 3.8) is 0 Å². The molecule has 4 heteroatoms. The zero-order valence-electron chi connectivity index (χ0n) is 15.5. The van der Waals surface area contributed by atoms with Crippen molar-refractivity contribution in [2.45, 2.75) is 25.9 Å². The van der Waals surface area contributed by atoms with E-state index in [9.17, 15) is 4.79 Å².